The molecule has 0 amide bonds. The smallest absolute Gasteiger partial charge is 0.324 e. The maximum Gasteiger partial charge on any atom is 0.324 e. The molecule has 0 spiro atoms. The Labute approximate surface area is 84.3 Å². The van der Waals surface area contributed by atoms with Gasteiger partial charge in [-0.3, -0.25) is 4.79 Å². The minimum absolute atomic E-state index is 0.521. The van der Waals surface area contributed by atoms with E-state index in [1.807, 2.05) is 0 Å². The van der Waals surface area contributed by atoms with Crippen molar-refractivity contribution in [1.29, 1.82) is 0 Å². The second kappa shape index (κ2) is 4.32. The van der Waals surface area contributed by atoms with Gasteiger partial charge in [-0.2, -0.15) is 0 Å². The Morgan fingerprint density at radius 2 is 2.00 bits per heavy atom. The van der Waals surface area contributed by atoms with Crippen molar-refractivity contribution in [3.8, 4) is 0 Å². The van der Waals surface area contributed by atoms with E-state index in [1.54, 1.807) is 6.92 Å². The first kappa shape index (κ1) is 10.8. The molecule has 0 saturated heterocycles. The highest BCUT2D eigenvalue weighted by molar-refractivity contribution is 6.33. The highest BCUT2D eigenvalue weighted by atomic mass is 35.5. The third kappa shape index (κ3) is 3.18. The molecule has 1 rings (SSSR count). The van der Waals surface area contributed by atoms with Gasteiger partial charge in [0.05, 0.1) is 0 Å². The van der Waals surface area contributed by atoms with Crippen LogP contribution in [0.1, 0.15) is 45.4 Å². The molecule has 1 saturated carbocycles. The zero-order valence-corrected chi connectivity index (χ0v) is 8.81. The summed E-state index contributed by atoms with van der Waals surface area (Å²) in [4.78, 5) is 9.71. The van der Waals surface area contributed by atoms with Crippen LogP contribution in [0.2, 0.25) is 0 Å². The Kier molecular flexibility index (Phi) is 3.60. The molecule has 0 aliphatic heterocycles. The zero-order chi connectivity index (χ0) is 9.90. The average molecular weight is 205 g/mol. The molecule has 3 heteroatoms. The molecule has 1 aliphatic rings. The van der Waals surface area contributed by atoms with Gasteiger partial charge in [0.2, 0.25) is 0 Å². The predicted molar refractivity (Wildman–Crippen MR) is 53.1 cm³/mol. The first-order valence-electron chi connectivity index (χ1n) is 4.95. The Bertz CT molecular complexity index is 183. The summed E-state index contributed by atoms with van der Waals surface area (Å²) in [6, 6.07) is 0. The highest BCUT2D eigenvalue weighted by Crippen LogP contribution is 2.33. The van der Waals surface area contributed by atoms with Gasteiger partial charge < -0.3 is 5.11 Å². The number of carbonyl (C=O) groups is 1. The Morgan fingerprint density at radius 1 is 1.46 bits per heavy atom. The van der Waals surface area contributed by atoms with Gasteiger partial charge in [-0.25, -0.2) is 0 Å². The van der Waals surface area contributed by atoms with Crippen molar-refractivity contribution in [1.82, 2.24) is 0 Å². The van der Waals surface area contributed by atoms with Crippen molar-refractivity contribution >= 4 is 17.6 Å². The maximum absolute atomic E-state index is 10.8. The van der Waals surface area contributed by atoms with Crippen LogP contribution in [0.3, 0.4) is 0 Å². The van der Waals surface area contributed by atoms with Crippen LogP contribution in [0.5, 0.6) is 0 Å². The molecule has 1 fully saturated rings. The third-order valence-corrected chi connectivity index (χ3v) is 3.16. The molecular weight excluding hydrogens is 188 g/mol. The molecular formula is C10H17ClO2. The van der Waals surface area contributed by atoms with Crippen molar-refractivity contribution < 1.29 is 9.90 Å². The van der Waals surface area contributed by atoms with Crippen molar-refractivity contribution in [2.45, 2.75) is 50.3 Å². The van der Waals surface area contributed by atoms with Gasteiger partial charge >= 0.3 is 5.97 Å². The van der Waals surface area contributed by atoms with Gasteiger partial charge in [0.1, 0.15) is 4.87 Å². The summed E-state index contributed by atoms with van der Waals surface area (Å²) >= 11 is 5.90. The molecule has 0 heterocycles. The number of rotatable bonds is 3. The second-order valence-corrected chi connectivity index (χ2v) is 5.04. The molecule has 13 heavy (non-hydrogen) atoms. The number of hydrogen-bond donors (Lipinski definition) is 1. The van der Waals surface area contributed by atoms with Crippen LogP contribution in [0.25, 0.3) is 0 Å². The quantitative estimate of drug-likeness (QED) is 0.718. The molecule has 2 nitrogen and oxygen atoms in total. The summed E-state index contributed by atoms with van der Waals surface area (Å²) in [5.74, 6) is -0.368. The molecule has 1 atom stereocenters. The van der Waals surface area contributed by atoms with Gasteiger partial charge in [-0.05, 0) is 19.3 Å². The molecule has 1 N–H and O–H groups in total. The van der Waals surface area contributed by atoms with Crippen LogP contribution in [0, 0.1) is 5.92 Å². The summed E-state index contributed by atoms with van der Waals surface area (Å²) in [6.45, 7) is 1.60. The Balaban J connectivity index is 2.41. The number of hydrogen-bond acceptors (Lipinski definition) is 1. The largest absolute Gasteiger partial charge is 0.480 e. The van der Waals surface area contributed by atoms with Crippen molar-refractivity contribution in [3.63, 3.8) is 0 Å². The average Bonchev–Trinajstić information content (AvgIpc) is 2.05. The lowest BCUT2D eigenvalue weighted by atomic mass is 9.83. The van der Waals surface area contributed by atoms with Crippen LogP contribution in [-0.4, -0.2) is 16.0 Å². The Morgan fingerprint density at radius 3 is 2.46 bits per heavy atom. The third-order valence-electron chi connectivity index (χ3n) is 2.84. The number of carboxylic acids is 1. The van der Waals surface area contributed by atoms with Crippen LogP contribution in [0.4, 0.5) is 0 Å². The van der Waals surface area contributed by atoms with E-state index in [1.165, 1.54) is 19.3 Å². The van der Waals surface area contributed by atoms with E-state index < -0.39 is 10.8 Å². The summed E-state index contributed by atoms with van der Waals surface area (Å²) in [6.07, 6.45) is 6.67. The van der Waals surface area contributed by atoms with Gasteiger partial charge in [-0.15, -0.1) is 11.6 Å². The van der Waals surface area contributed by atoms with E-state index in [0.717, 1.165) is 12.8 Å². The molecule has 0 aromatic rings. The van der Waals surface area contributed by atoms with Gasteiger partial charge in [0.25, 0.3) is 0 Å². The second-order valence-electron chi connectivity index (χ2n) is 4.21. The van der Waals surface area contributed by atoms with Crippen LogP contribution >= 0.6 is 11.6 Å². The van der Waals surface area contributed by atoms with Crippen molar-refractivity contribution in [3.05, 3.63) is 0 Å². The first-order valence-corrected chi connectivity index (χ1v) is 5.32. The van der Waals surface area contributed by atoms with Gasteiger partial charge in [-0.1, -0.05) is 32.1 Å². The SMILES string of the molecule is CC(Cl)(CC1CCCCC1)C(=O)O. The molecule has 0 aromatic carbocycles. The van der Waals surface area contributed by atoms with E-state index in [-0.39, 0.29) is 0 Å². The lowest BCUT2D eigenvalue weighted by Gasteiger charge is -2.27. The van der Waals surface area contributed by atoms with E-state index in [4.69, 9.17) is 16.7 Å². The molecule has 0 radical (unpaired) electrons. The molecule has 0 aromatic heterocycles. The van der Waals surface area contributed by atoms with E-state index in [9.17, 15) is 4.79 Å². The van der Waals surface area contributed by atoms with Crippen molar-refractivity contribution in [2.24, 2.45) is 5.92 Å². The highest BCUT2D eigenvalue weighted by Gasteiger charge is 2.33. The monoisotopic (exact) mass is 204 g/mol. The zero-order valence-electron chi connectivity index (χ0n) is 8.05. The van der Waals surface area contributed by atoms with Crippen LogP contribution < -0.4 is 0 Å². The summed E-state index contributed by atoms with van der Waals surface area (Å²) in [5.41, 5.74) is 0. The summed E-state index contributed by atoms with van der Waals surface area (Å²) in [5, 5.41) is 8.84. The molecule has 1 aliphatic carbocycles. The fourth-order valence-corrected chi connectivity index (χ4v) is 2.24. The standard InChI is InChI=1S/C10H17ClO2/c1-10(11,9(12)13)7-8-5-3-2-4-6-8/h8H,2-7H2,1H3,(H,12,13). The maximum atomic E-state index is 10.8. The van der Waals surface area contributed by atoms with E-state index in [2.05, 4.69) is 0 Å². The lowest BCUT2D eigenvalue weighted by molar-refractivity contribution is -0.140. The van der Waals surface area contributed by atoms with Gasteiger partial charge in [0, 0.05) is 0 Å². The predicted octanol–water partition coefficient (Wildman–Crippen LogP) is 3.04. The van der Waals surface area contributed by atoms with Crippen LogP contribution in [-0.2, 0) is 4.79 Å². The van der Waals surface area contributed by atoms with Gasteiger partial charge in [0.15, 0.2) is 0 Å². The van der Waals surface area contributed by atoms with E-state index in [0.29, 0.717) is 12.3 Å². The molecule has 76 valence electrons. The van der Waals surface area contributed by atoms with E-state index >= 15 is 0 Å². The number of aliphatic carboxylic acids is 1. The minimum atomic E-state index is -1.05. The lowest BCUT2D eigenvalue weighted by Crippen LogP contribution is -2.31. The number of halogens is 1. The fraction of sp³-hybridized carbons (Fsp3) is 0.900. The number of alkyl halides is 1. The summed E-state index contributed by atoms with van der Waals surface area (Å²) in [7, 11) is 0. The van der Waals surface area contributed by atoms with Crippen molar-refractivity contribution in [2.75, 3.05) is 0 Å². The molecule has 0 bridgehead atoms. The topological polar surface area (TPSA) is 37.3 Å². The summed E-state index contributed by atoms with van der Waals surface area (Å²) < 4.78 is 0. The molecule has 1 unspecified atom stereocenters. The minimum Gasteiger partial charge on any atom is -0.480 e. The van der Waals surface area contributed by atoms with Crippen LogP contribution in [0.15, 0.2) is 0 Å². The normalized spacial score (nSPS) is 23.8. The number of carboxylic acid groups (broad SMARTS) is 1. The fourth-order valence-electron chi connectivity index (χ4n) is 2.02. The Hall–Kier alpha value is -0.240. The first-order chi connectivity index (χ1) is 6.02.